The number of nitrogens with one attached hydrogen (secondary N) is 1. The summed E-state index contributed by atoms with van der Waals surface area (Å²) in [6.07, 6.45) is 0. The van der Waals surface area contributed by atoms with Crippen LogP contribution in [0.5, 0.6) is 0 Å². The normalized spacial score (nSPS) is 12.3. The molecule has 118 valence electrons. The molecule has 4 heteroatoms. The maximum Gasteiger partial charge on any atom is 0.263 e. The lowest BCUT2D eigenvalue weighted by atomic mass is 10.1. The van der Waals surface area contributed by atoms with Crippen LogP contribution in [0.25, 0.3) is 10.1 Å². The van der Waals surface area contributed by atoms with Crippen molar-refractivity contribution in [1.82, 2.24) is 5.32 Å². The lowest BCUT2D eigenvalue weighted by Crippen LogP contribution is -2.26. The van der Waals surface area contributed by atoms with E-state index < -0.39 is 0 Å². The third kappa shape index (κ3) is 3.26. The Morgan fingerprint density at radius 1 is 1.09 bits per heavy atom. The van der Waals surface area contributed by atoms with Crippen molar-refractivity contribution in [2.24, 2.45) is 0 Å². The van der Waals surface area contributed by atoms with Crippen LogP contribution in [0.15, 0.2) is 42.5 Å². The first-order valence-electron chi connectivity index (χ1n) is 7.52. The van der Waals surface area contributed by atoms with Gasteiger partial charge in [0.2, 0.25) is 0 Å². The molecule has 0 saturated carbocycles. The first-order valence-corrected chi connectivity index (χ1v) is 8.71. The standard InChI is InChI=1S/C19H18ClNOS/c1-11-4-7-14(8-5-11)13(3)21-19(22)18-17(20)15-9-6-12(2)10-16(15)23-18/h4-10,13H,1-3H3,(H,21,22)/t13-/m1/s1. The van der Waals surface area contributed by atoms with E-state index in [9.17, 15) is 4.79 Å². The summed E-state index contributed by atoms with van der Waals surface area (Å²) in [6.45, 7) is 6.06. The summed E-state index contributed by atoms with van der Waals surface area (Å²) in [6, 6.07) is 14.2. The van der Waals surface area contributed by atoms with E-state index in [1.807, 2.05) is 57.2 Å². The zero-order valence-corrected chi connectivity index (χ0v) is 14.9. The molecule has 0 unspecified atom stereocenters. The van der Waals surface area contributed by atoms with Crippen LogP contribution in [-0.4, -0.2) is 5.91 Å². The summed E-state index contributed by atoms with van der Waals surface area (Å²) in [5.41, 5.74) is 3.45. The van der Waals surface area contributed by atoms with Crippen molar-refractivity contribution in [2.75, 3.05) is 0 Å². The SMILES string of the molecule is Cc1ccc([C@@H](C)NC(=O)c2sc3cc(C)ccc3c2Cl)cc1. The van der Waals surface area contributed by atoms with E-state index in [0.717, 1.165) is 21.2 Å². The van der Waals surface area contributed by atoms with Crippen molar-refractivity contribution >= 4 is 38.9 Å². The van der Waals surface area contributed by atoms with E-state index >= 15 is 0 Å². The van der Waals surface area contributed by atoms with Gasteiger partial charge in [0.25, 0.3) is 5.91 Å². The molecule has 0 aliphatic rings. The van der Waals surface area contributed by atoms with E-state index in [0.29, 0.717) is 9.90 Å². The van der Waals surface area contributed by atoms with Gasteiger partial charge in [-0.2, -0.15) is 0 Å². The molecule has 0 aliphatic carbocycles. The Hall–Kier alpha value is -1.84. The Kier molecular flexibility index (Phi) is 4.42. The minimum absolute atomic E-state index is 0.0638. The van der Waals surface area contributed by atoms with Crippen molar-refractivity contribution in [1.29, 1.82) is 0 Å². The molecule has 1 N–H and O–H groups in total. The second-order valence-corrected chi connectivity index (χ2v) is 7.28. The summed E-state index contributed by atoms with van der Waals surface area (Å²) >= 11 is 7.85. The molecule has 0 saturated heterocycles. The van der Waals surface area contributed by atoms with Gasteiger partial charge in [-0.3, -0.25) is 4.79 Å². The summed E-state index contributed by atoms with van der Waals surface area (Å²) in [4.78, 5) is 13.2. The second kappa shape index (κ2) is 6.34. The lowest BCUT2D eigenvalue weighted by Gasteiger charge is -2.14. The van der Waals surface area contributed by atoms with E-state index in [2.05, 4.69) is 11.4 Å². The number of halogens is 1. The molecule has 3 aromatic rings. The fourth-order valence-corrected chi connectivity index (χ4v) is 4.04. The van der Waals surface area contributed by atoms with Crippen molar-refractivity contribution in [3.05, 3.63) is 69.1 Å². The maximum absolute atomic E-state index is 12.6. The zero-order valence-electron chi connectivity index (χ0n) is 13.3. The minimum atomic E-state index is -0.123. The fraction of sp³-hybridized carbons (Fsp3) is 0.211. The van der Waals surface area contributed by atoms with Gasteiger partial charge in [0.15, 0.2) is 0 Å². The van der Waals surface area contributed by atoms with Crippen molar-refractivity contribution in [3.8, 4) is 0 Å². The molecular weight excluding hydrogens is 326 g/mol. The van der Waals surface area contributed by atoms with Crippen LogP contribution < -0.4 is 5.32 Å². The highest BCUT2D eigenvalue weighted by Crippen LogP contribution is 2.36. The van der Waals surface area contributed by atoms with Crippen molar-refractivity contribution in [2.45, 2.75) is 26.8 Å². The van der Waals surface area contributed by atoms with Crippen LogP contribution in [-0.2, 0) is 0 Å². The number of hydrogen-bond acceptors (Lipinski definition) is 2. The number of fused-ring (bicyclic) bond motifs is 1. The summed E-state index contributed by atoms with van der Waals surface area (Å²) in [5.74, 6) is -0.123. The fourth-order valence-electron chi connectivity index (χ4n) is 2.52. The smallest absolute Gasteiger partial charge is 0.263 e. The second-order valence-electron chi connectivity index (χ2n) is 5.85. The third-order valence-electron chi connectivity index (χ3n) is 3.92. The predicted octanol–water partition coefficient (Wildman–Crippen LogP) is 5.66. The minimum Gasteiger partial charge on any atom is -0.345 e. The van der Waals surface area contributed by atoms with Gasteiger partial charge >= 0.3 is 0 Å². The number of carbonyl (C=O) groups excluding carboxylic acids is 1. The van der Waals surface area contributed by atoms with Crippen LogP contribution in [0, 0.1) is 13.8 Å². The first-order chi connectivity index (χ1) is 11.0. The Bertz CT molecular complexity index is 867. The van der Waals surface area contributed by atoms with Gasteiger partial charge in [-0.25, -0.2) is 0 Å². The van der Waals surface area contributed by atoms with Gasteiger partial charge in [-0.15, -0.1) is 11.3 Å². The van der Waals surface area contributed by atoms with E-state index in [1.54, 1.807) is 0 Å². The van der Waals surface area contributed by atoms with Gasteiger partial charge in [0.05, 0.1) is 11.1 Å². The topological polar surface area (TPSA) is 29.1 Å². The van der Waals surface area contributed by atoms with Crippen LogP contribution in [0.2, 0.25) is 5.02 Å². The molecule has 23 heavy (non-hydrogen) atoms. The number of carbonyl (C=O) groups is 1. The van der Waals surface area contributed by atoms with Crippen LogP contribution in [0.3, 0.4) is 0 Å². The average Bonchev–Trinajstić information content (AvgIpc) is 2.84. The molecule has 3 rings (SSSR count). The molecule has 0 bridgehead atoms. The Morgan fingerprint density at radius 3 is 2.43 bits per heavy atom. The van der Waals surface area contributed by atoms with Crippen LogP contribution >= 0.6 is 22.9 Å². The molecule has 1 amide bonds. The van der Waals surface area contributed by atoms with Gasteiger partial charge in [-0.1, -0.05) is 53.6 Å². The van der Waals surface area contributed by atoms with Crippen molar-refractivity contribution in [3.63, 3.8) is 0 Å². The highest BCUT2D eigenvalue weighted by molar-refractivity contribution is 7.21. The molecule has 0 aliphatic heterocycles. The zero-order chi connectivity index (χ0) is 16.6. The predicted molar refractivity (Wildman–Crippen MR) is 98.6 cm³/mol. The molecule has 2 aromatic carbocycles. The maximum atomic E-state index is 12.6. The number of hydrogen-bond donors (Lipinski definition) is 1. The van der Waals surface area contributed by atoms with Crippen LogP contribution in [0.1, 0.15) is 39.3 Å². The molecule has 1 heterocycles. The quantitative estimate of drug-likeness (QED) is 0.653. The summed E-state index contributed by atoms with van der Waals surface area (Å²) in [7, 11) is 0. The Balaban J connectivity index is 1.85. The molecule has 0 radical (unpaired) electrons. The highest BCUT2D eigenvalue weighted by Gasteiger charge is 2.19. The van der Waals surface area contributed by atoms with E-state index in [1.165, 1.54) is 16.9 Å². The number of rotatable bonds is 3. The van der Waals surface area contributed by atoms with Crippen LogP contribution in [0.4, 0.5) is 0 Å². The Labute approximate surface area is 145 Å². The highest BCUT2D eigenvalue weighted by atomic mass is 35.5. The number of benzene rings is 2. The first kappa shape index (κ1) is 16.0. The average molecular weight is 344 g/mol. The van der Waals surface area contributed by atoms with Crippen molar-refractivity contribution < 1.29 is 4.79 Å². The monoisotopic (exact) mass is 343 g/mol. The molecule has 1 aromatic heterocycles. The molecule has 2 nitrogen and oxygen atoms in total. The molecule has 0 spiro atoms. The number of aryl methyl sites for hydroxylation is 2. The largest absolute Gasteiger partial charge is 0.345 e. The number of amides is 1. The van der Waals surface area contributed by atoms with E-state index in [4.69, 9.17) is 11.6 Å². The molecular formula is C19H18ClNOS. The van der Waals surface area contributed by atoms with Gasteiger partial charge in [0, 0.05) is 10.1 Å². The molecule has 1 atom stereocenters. The summed E-state index contributed by atoms with van der Waals surface area (Å²) in [5, 5.41) is 4.52. The molecule has 0 fully saturated rings. The number of thiophene rings is 1. The van der Waals surface area contributed by atoms with Gasteiger partial charge in [-0.05, 0) is 38.0 Å². The lowest BCUT2D eigenvalue weighted by molar-refractivity contribution is 0.0944. The third-order valence-corrected chi connectivity index (χ3v) is 5.57. The summed E-state index contributed by atoms with van der Waals surface area (Å²) < 4.78 is 1.04. The van der Waals surface area contributed by atoms with E-state index in [-0.39, 0.29) is 11.9 Å². The Morgan fingerprint density at radius 2 is 1.74 bits per heavy atom. The van der Waals surface area contributed by atoms with Gasteiger partial charge < -0.3 is 5.32 Å². The van der Waals surface area contributed by atoms with Gasteiger partial charge in [0.1, 0.15) is 4.88 Å².